The fourth-order valence-electron chi connectivity index (χ4n) is 2.23. The van der Waals surface area contributed by atoms with Crippen molar-refractivity contribution in [2.24, 2.45) is 5.92 Å². The lowest BCUT2D eigenvalue weighted by atomic mass is 10.1. The zero-order valence-corrected chi connectivity index (χ0v) is 12.7. The molecule has 0 saturated heterocycles. The van der Waals surface area contributed by atoms with Crippen LogP contribution in [-0.4, -0.2) is 34.6 Å². The lowest BCUT2D eigenvalue weighted by molar-refractivity contribution is -0.385. The number of carboxylic acids is 1. The minimum absolute atomic E-state index is 0.0298. The normalized spacial score (nSPS) is 14.8. The average molecular weight is 322 g/mol. The maximum absolute atomic E-state index is 12.2. The van der Waals surface area contributed by atoms with Crippen LogP contribution in [0.3, 0.4) is 0 Å². The van der Waals surface area contributed by atoms with E-state index in [0.29, 0.717) is 12.3 Å². The maximum atomic E-state index is 12.2. The van der Waals surface area contributed by atoms with Crippen molar-refractivity contribution in [3.8, 4) is 5.75 Å². The number of hydrogen-bond donors (Lipinski definition) is 2. The number of nitrogens with one attached hydrogen (secondary N) is 1. The number of rotatable bonds is 8. The molecule has 8 nitrogen and oxygen atoms in total. The van der Waals surface area contributed by atoms with Crippen LogP contribution < -0.4 is 10.1 Å². The highest BCUT2D eigenvalue weighted by atomic mass is 16.6. The van der Waals surface area contributed by atoms with E-state index in [4.69, 9.17) is 9.84 Å². The van der Waals surface area contributed by atoms with Gasteiger partial charge in [0.1, 0.15) is 6.04 Å². The molecule has 124 valence electrons. The summed E-state index contributed by atoms with van der Waals surface area (Å²) in [4.78, 5) is 33.8. The van der Waals surface area contributed by atoms with Crippen molar-refractivity contribution in [2.45, 2.75) is 32.2 Å². The summed E-state index contributed by atoms with van der Waals surface area (Å²) >= 11 is 0. The van der Waals surface area contributed by atoms with E-state index >= 15 is 0 Å². The number of ether oxygens (including phenoxy) is 1. The molecule has 0 aromatic heterocycles. The lowest BCUT2D eigenvalue weighted by Crippen LogP contribution is -2.41. The van der Waals surface area contributed by atoms with E-state index < -0.39 is 22.8 Å². The fraction of sp³-hybridized carbons (Fsp3) is 0.467. The molecule has 23 heavy (non-hydrogen) atoms. The van der Waals surface area contributed by atoms with Crippen LogP contribution in [0.15, 0.2) is 18.2 Å². The number of carbonyl (C=O) groups excluding carboxylic acids is 1. The third-order valence-corrected chi connectivity index (χ3v) is 3.59. The molecule has 0 spiro atoms. The highest BCUT2D eigenvalue weighted by molar-refractivity contribution is 5.97. The molecule has 1 amide bonds. The van der Waals surface area contributed by atoms with Crippen LogP contribution in [0.1, 0.15) is 36.5 Å². The summed E-state index contributed by atoms with van der Waals surface area (Å²) in [5.74, 6) is -1.36. The average Bonchev–Trinajstić information content (AvgIpc) is 3.30. The van der Waals surface area contributed by atoms with E-state index in [2.05, 4.69) is 5.32 Å². The Morgan fingerprint density at radius 2 is 2.17 bits per heavy atom. The summed E-state index contributed by atoms with van der Waals surface area (Å²) in [7, 11) is 0. The third kappa shape index (κ3) is 4.41. The van der Waals surface area contributed by atoms with Crippen LogP contribution in [0.4, 0.5) is 5.69 Å². The summed E-state index contributed by atoms with van der Waals surface area (Å²) in [5.41, 5.74) is -0.296. The molecule has 2 rings (SSSR count). The molecule has 0 bridgehead atoms. The quantitative estimate of drug-likeness (QED) is 0.558. The number of benzene rings is 1. The maximum Gasteiger partial charge on any atom is 0.326 e. The molecule has 0 heterocycles. The molecule has 1 fully saturated rings. The van der Waals surface area contributed by atoms with E-state index in [1.807, 2.05) is 0 Å². The van der Waals surface area contributed by atoms with Crippen LogP contribution in [-0.2, 0) is 4.79 Å². The first-order valence-electron chi connectivity index (χ1n) is 7.37. The molecule has 1 aromatic carbocycles. The van der Waals surface area contributed by atoms with E-state index in [9.17, 15) is 19.7 Å². The second-order valence-corrected chi connectivity index (χ2v) is 5.42. The predicted molar refractivity (Wildman–Crippen MR) is 80.5 cm³/mol. The molecular weight excluding hydrogens is 304 g/mol. The second kappa shape index (κ2) is 7.08. The van der Waals surface area contributed by atoms with Gasteiger partial charge in [0, 0.05) is 11.6 Å². The molecule has 8 heteroatoms. The standard InChI is InChI=1S/C15H18N2O6/c1-2-23-13-6-5-10(8-12(13)17(21)22)14(18)16-11(15(19)20)7-9-3-4-9/h5-6,8-9,11H,2-4,7H2,1H3,(H,16,18)(H,19,20). The minimum Gasteiger partial charge on any atom is -0.487 e. The largest absolute Gasteiger partial charge is 0.487 e. The number of carbonyl (C=O) groups is 2. The topological polar surface area (TPSA) is 119 Å². The van der Waals surface area contributed by atoms with E-state index in [0.717, 1.165) is 18.9 Å². The smallest absolute Gasteiger partial charge is 0.326 e. The van der Waals surface area contributed by atoms with Crippen molar-refractivity contribution in [1.82, 2.24) is 5.32 Å². The molecule has 1 unspecified atom stereocenters. The van der Waals surface area contributed by atoms with Gasteiger partial charge in [0.25, 0.3) is 5.91 Å². The van der Waals surface area contributed by atoms with Crippen molar-refractivity contribution in [2.75, 3.05) is 6.61 Å². The SMILES string of the molecule is CCOc1ccc(C(=O)NC(CC2CC2)C(=O)O)cc1[N+](=O)[O-]. The first-order valence-corrected chi connectivity index (χ1v) is 7.37. The second-order valence-electron chi connectivity index (χ2n) is 5.42. The first-order chi connectivity index (χ1) is 10.9. The van der Waals surface area contributed by atoms with Crippen molar-refractivity contribution >= 4 is 17.6 Å². The summed E-state index contributed by atoms with van der Waals surface area (Å²) in [6.45, 7) is 1.95. The van der Waals surface area contributed by atoms with Gasteiger partial charge in [-0.3, -0.25) is 14.9 Å². The molecule has 0 radical (unpaired) electrons. The van der Waals surface area contributed by atoms with Gasteiger partial charge in [-0.15, -0.1) is 0 Å². The van der Waals surface area contributed by atoms with E-state index in [1.54, 1.807) is 6.92 Å². The molecular formula is C15H18N2O6. The minimum atomic E-state index is -1.11. The van der Waals surface area contributed by atoms with Crippen LogP contribution in [0.2, 0.25) is 0 Å². The predicted octanol–water partition coefficient (Wildman–Crippen LogP) is 1.98. The number of carboxylic acid groups (broad SMARTS) is 1. The monoisotopic (exact) mass is 322 g/mol. The van der Waals surface area contributed by atoms with Crippen LogP contribution in [0.5, 0.6) is 5.75 Å². The van der Waals surface area contributed by atoms with Gasteiger partial charge in [-0.2, -0.15) is 0 Å². The third-order valence-electron chi connectivity index (χ3n) is 3.59. The summed E-state index contributed by atoms with van der Waals surface area (Å²) < 4.78 is 5.15. The van der Waals surface area contributed by atoms with E-state index in [-0.39, 0.29) is 23.6 Å². The van der Waals surface area contributed by atoms with Gasteiger partial charge in [-0.05, 0) is 31.4 Å². The van der Waals surface area contributed by atoms with Crippen molar-refractivity contribution < 1.29 is 24.4 Å². The Kier molecular flexibility index (Phi) is 5.15. The Labute approximate surface area is 132 Å². The van der Waals surface area contributed by atoms with Gasteiger partial charge < -0.3 is 15.2 Å². The summed E-state index contributed by atoms with van der Waals surface area (Å²) in [5, 5.41) is 22.6. The highest BCUT2D eigenvalue weighted by Crippen LogP contribution is 2.33. The number of amides is 1. The molecule has 1 atom stereocenters. The van der Waals surface area contributed by atoms with Crippen molar-refractivity contribution in [1.29, 1.82) is 0 Å². The zero-order chi connectivity index (χ0) is 17.0. The van der Waals surface area contributed by atoms with Crippen molar-refractivity contribution in [3.63, 3.8) is 0 Å². The highest BCUT2D eigenvalue weighted by Gasteiger charge is 2.30. The van der Waals surface area contributed by atoms with Gasteiger partial charge >= 0.3 is 11.7 Å². The molecule has 1 saturated carbocycles. The molecule has 0 aliphatic heterocycles. The molecule has 1 aliphatic rings. The number of nitro benzene ring substituents is 1. The van der Waals surface area contributed by atoms with Crippen molar-refractivity contribution in [3.05, 3.63) is 33.9 Å². The Hall–Kier alpha value is -2.64. The number of nitro groups is 1. The Morgan fingerprint density at radius 1 is 1.48 bits per heavy atom. The number of hydrogen-bond acceptors (Lipinski definition) is 5. The fourth-order valence-corrected chi connectivity index (χ4v) is 2.23. The molecule has 2 N–H and O–H groups in total. The van der Waals surface area contributed by atoms with Crippen LogP contribution in [0, 0.1) is 16.0 Å². The Bertz CT molecular complexity index is 626. The number of nitrogens with zero attached hydrogens (tertiary/aromatic N) is 1. The zero-order valence-electron chi connectivity index (χ0n) is 12.7. The Balaban J connectivity index is 2.15. The first kappa shape index (κ1) is 16.7. The van der Waals surface area contributed by atoms with Gasteiger partial charge in [-0.25, -0.2) is 4.79 Å². The summed E-state index contributed by atoms with van der Waals surface area (Å²) in [6.07, 6.45) is 2.31. The van der Waals surface area contributed by atoms with Gasteiger partial charge in [0.15, 0.2) is 5.75 Å². The van der Waals surface area contributed by atoms with Gasteiger partial charge in [0.2, 0.25) is 0 Å². The lowest BCUT2D eigenvalue weighted by Gasteiger charge is -2.14. The van der Waals surface area contributed by atoms with Gasteiger partial charge in [0.05, 0.1) is 11.5 Å². The Morgan fingerprint density at radius 3 is 2.70 bits per heavy atom. The van der Waals surface area contributed by atoms with Gasteiger partial charge in [-0.1, -0.05) is 12.8 Å². The van der Waals surface area contributed by atoms with Crippen LogP contribution in [0.25, 0.3) is 0 Å². The summed E-state index contributed by atoms with van der Waals surface area (Å²) in [6, 6.07) is 2.83. The number of aliphatic carboxylic acids is 1. The van der Waals surface area contributed by atoms with E-state index in [1.165, 1.54) is 12.1 Å². The molecule has 1 aliphatic carbocycles. The molecule has 1 aromatic rings. The van der Waals surface area contributed by atoms with Crippen LogP contribution >= 0.6 is 0 Å².